The van der Waals surface area contributed by atoms with Gasteiger partial charge in [-0.05, 0) is 59.7 Å². The Morgan fingerprint density at radius 1 is 1.53 bits per heavy atom. The van der Waals surface area contributed by atoms with Gasteiger partial charge in [0.05, 0.1) is 10.7 Å². The molecule has 3 nitrogen and oxygen atoms in total. The number of likely N-dealkylation sites (tertiary alicyclic amines) is 1. The molecule has 1 aliphatic heterocycles. The summed E-state index contributed by atoms with van der Waals surface area (Å²) < 4.78 is 0. The van der Waals surface area contributed by atoms with Crippen LogP contribution in [0.25, 0.3) is 0 Å². The molecular formula is C15H27N3S. The third-order valence-electron chi connectivity index (χ3n) is 4.09. The first-order valence-corrected chi connectivity index (χ1v) is 8.44. The Morgan fingerprint density at radius 2 is 2.37 bits per heavy atom. The van der Waals surface area contributed by atoms with E-state index in [2.05, 4.69) is 41.4 Å². The van der Waals surface area contributed by atoms with Crippen LogP contribution in [0.3, 0.4) is 0 Å². The average molecular weight is 281 g/mol. The maximum absolute atomic E-state index is 4.54. The predicted molar refractivity (Wildman–Crippen MR) is 82.8 cm³/mol. The molecule has 0 aromatic carbocycles. The van der Waals surface area contributed by atoms with E-state index in [-0.39, 0.29) is 0 Å². The van der Waals surface area contributed by atoms with Crippen molar-refractivity contribution in [1.29, 1.82) is 0 Å². The van der Waals surface area contributed by atoms with Gasteiger partial charge in [0.25, 0.3) is 0 Å². The van der Waals surface area contributed by atoms with Crippen molar-refractivity contribution < 1.29 is 0 Å². The first-order chi connectivity index (χ1) is 9.16. The lowest BCUT2D eigenvalue weighted by Gasteiger charge is -2.33. The fourth-order valence-electron chi connectivity index (χ4n) is 2.77. The number of hydrogen-bond acceptors (Lipinski definition) is 4. The van der Waals surface area contributed by atoms with Crippen LogP contribution < -0.4 is 5.32 Å². The van der Waals surface area contributed by atoms with Gasteiger partial charge in [-0.25, -0.2) is 4.98 Å². The van der Waals surface area contributed by atoms with Gasteiger partial charge in [-0.15, -0.1) is 11.3 Å². The van der Waals surface area contributed by atoms with E-state index in [9.17, 15) is 0 Å². The van der Waals surface area contributed by atoms with Crippen molar-refractivity contribution in [2.75, 3.05) is 19.6 Å². The predicted octanol–water partition coefficient (Wildman–Crippen LogP) is 3.37. The lowest BCUT2D eigenvalue weighted by molar-refractivity contribution is 0.158. The highest BCUT2D eigenvalue weighted by Crippen LogP contribution is 2.17. The smallest absolute Gasteiger partial charge is 0.0898 e. The summed E-state index contributed by atoms with van der Waals surface area (Å²) in [5.41, 5.74) is 1.19. The Kier molecular flexibility index (Phi) is 5.79. The first-order valence-electron chi connectivity index (χ1n) is 7.56. The number of aryl methyl sites for hydroxylation is 1. The Balaban J connectivity index is 1.63. The zero-order chi connectivity index (χ0) is 13.7. The van der Waals surface area contributed by atoms with Crippen molar-refractivity contribution in [1.82, 2.24) is 15.2 Å². The summed E-state index contributed by atoms with van der Waals surface area (Å²) >= 11 is 1.74. The van der Waals surface area contributed by atoms with Gasteiger partial charge in [0.15, 0.2) is 0 Å². The number of aromatic nitrogens is 1. The van der Waals surface area contributed by atoms with Gasteiger partial charge in [0, 0.05) is 17.5 Å². The minimum absolute atomic E-state index is 0.378. The minimum atomic E-state index is 0.378. The quantitative estimate of drug-likeness (QED) is 0.810. The molecule has 108 valence electrons. The summed E-state index contributed by atoms with van der Waals surface area (Å²) in [5, 5.41) is 6.91. The Hall–Kier alpha value is -0.450. The second-order valence-corrected chi connectivity index (χ2v) is 6.76. The average Bonchev–Trinajstić information content (AvgIpc) is 2.83. The maximum atomic E-state index is 4.54. The van der Waals surface area contributed by atoms with Gasteiger partial charge < -0.3 is 10.2 Å². The van der Waals surface area contributed by atoms with Crippen molar-refractivity contribution in [3.63, 3.8) is 0 Å². The molecule has 2 unspecified atom stereocenters. The number of nitrogens with one attached hydrogen (secondary N) is 1. The van der Waals surface area contributed by atoms with E-state index in [0.29, 0.717) is 6.04 Å². The topological polar surface area (TPSA) is 28.2 Å². The summed E-state index contributed by atoms with van der Waals surface area (Å²) in [6, 6.07) is 1.16. The largest absolute Gasteiger partial charge is 0.309 e. The molecule has 1 N–H and O–H groups in total. The van der Waals surface area contributed by atoms with Crippen LogP contribution in [0.4, 0.5) is 0 Å². The molecule has 0 spiro atoms. The van der Waals surface area contributed by atoms with Crippen LogP contribution in [0.2, 0.25) is 0 Å². The number of hydrogen-bond donors (Lipinski definition) is 1. The van der Waals surface area contributed by atoms with Gasteiger partial charge in [-0.1, -0.05) is 6.42 Å². The van der Waals surface area contributed by atoms with Crippen molar-refractivity contribution in [3.8, 4) is 0 Å². The molecule has 1 fully saturated rings. The van der Waals surface area contributed by atoms with Crippen LogP contribution in [-0.4, -0.2) is 35.6 Å². The minimum Gasteiger partial charge on any atom is -0.309 e. The summed E-state index contributed by atoms with van der Waals surface area (Å²) in [5.74, 6) is 0. The molecule has 0 bridgehead atoms. The summed E-state index contributed by atoms with van der Waals surface area (Å²) in [7, 11) is 0. The zero-order valence-electron chi connectivity index (χ0n) is 12.5. The fraction of sp³-hybridized carbons (Fsp3) is 0.800. The molecule has 19 heavy (non-hydrogen) atoms. The fourth-order valence-corrected chi connectivity index (χ4v) is 3.48. The van der Waals surface area contributed by atoms with E-state index in [1.54, 1.807) is 11.3 Å². The van der Waals surface area contributed by atoms with Crippen molar-refractivity contribution in [3.05, 3.63) is 16.1 Å². The molecule has 1 aliphatic rings. The Morgan fingerprint density at radius 3 is 3.05 bits per heavy atom. The molecule has 1 aromatic heterocycles. The number of piperidine rings is 1. The summed E-state index contributed by atoms with van der Waals surface area (Å²) in [6.07, 6.45) is 5.40. The van der Waals surface area contributed by atoms with Crippen LogP contribution in [0.1, 0.15) is 56.3 Å². The Bertz CT molecular complexity index is 377. The van der Waals surface area contributed by atoms with Crippen molar-refractivity contribution in [2.24, 2.45) is 0 Å². The highest BCUT2D eigenvalue weighted by molar-refractivity contribution is 7.09. The molecule has 0 aliphatic carbocycles. The van der Waals surface area contributed by atoms with Crippen molar-refractivity contribution in [2.45, 2.75) is 58.5 Å². The molecule has 1 aromatic rings. The molecule has 1 saturated heterocycles. The number of thiazole rings is 1. The molecule has 2 rings (SSSR count). The van der Waals surface area contributed by atoms with E-state index in [1.165, 1.54) is 44.5 Å². The maximum Gasteiger partial charge on any atom is 0.0898 e. The van der Waals surface area contributed by atoms with Crippen LogP contribution in [0.5, 0.6) is 0 Å². The highest BCUT2D eigenvalue weighted by Gasteiger charge is 2.17. The SMILES string of the molecule is Cc1nc(C(C)NCCCN2CCCCC2C)cs1. The van der Waals surface area contributed by atoms with E-state index in [0.717, 1.165) is 17.6 Å². The molecule has 4 heteroatoms. The monoisotopic (exact) mass is 281 g/mol. The molecular weight excluding hydrogens is 254 g/mol. The van der Waals surface area contributed by atoms with E-state index in [4.69, 9.17) is 0 Å². The second kappa shape index (κ2) is 7.36. The lowest BCUT2D eigenvalue weighted by Crippen LogP contribution is -2.39. The third kappa shape index (κ3) is 4.55. The number of rotatable bonds is 6. The molecule has 0 saturated carbocycles. The summed E-state index contributed by atoms with van der Waals surface area (Å²) in [6.45, 7) is 10.3. The lowest BCUT2D eigenvalue weighted by atomic mass is 10.0. The normalized spacial score (nSPS) is 22.6. The first kappa shape index (κ1) is 14.9. The second-order valence-electron chi connectivity index (χ2n) is 5.70. The standard InChI is InChI=1S/C15H27N3S/c1-12-7-4-5-9-18(12)10-6-8-16-13(2)15-11-19-14(3)17-15/h11-13,16H,4-10H2,1-3H3. The van der Waals surface area contributed by atoms with Gasteiger partial charge >= 0.3 is 0 Å². The van der Waals surface area contributed by atoms with Crippen molar-refractivity contribution >= 4 is 11.3 Å². The zero-order valence-corrected chi connectivity index (χ0v) is 13.3. The van der Waals surface area contributed by atoms with Gasteiger partial charge in [0.1, 0.15) is 0 Å². The summed E-state index contributed by atoms with van der Waals surface area (Å²) in [4.78, 5) is 7.18. The van der Waals surface area contributed by atoms with Crippen LogP contribution in [0.15, 0.2) is 5.38 Å². The van der Waals surface area contributed by atoms with Crippen LogP contribution in [0, 0.1) is 6.92 Å². The van der Waals surface area contributed by atoms with Gasteiger partial charge in [-0.2, -0.15) is 0 Å². The highest BCUT2D eigenvalue weighted by atomic mass is 32.1. The molecule has 0 radical (unpaired) electrons. The van der Waals surface area contributed by atoms with E-state index >= 15 is 0 Å². The molecule has 0 amide bonds. The van der Waals surface area contributed by atoms with E-state index in [1.807, 2.05) is 0 Å². The van der Waals surface area contributed by atoms with Gasteiger partial charge in [-0.3, -0.25) is 0 Å². The number of nitrogens with zero attached hydrogens (tertiary/aromatic N) is 2. The van der Waals surface area contributed by atoms with E-state index < -0.39 is 0 Å². The third-order valence-corrected chi connectivity index (χ3v) is 4.89. The van der Waals surface area contributed by atoms with Crippen LogP contribution in [-0.2, 0) is 0 Å². The molecule has 2 heterocycles. The Labute approximate surface area is 121 Å². The molecule has 2 atom stereocenters. The van der Waals surface area contributed by atoms with Gasteiger partial charge in [0.2, 0.25) is 0 Å². The van der Waals surface area contributed by atoms with Crippen LogP contribution >= 0.6 is 11.3 Å².